The van der Waals surface area contributed by atoms with Crippen molar-refractivity contribution in [2.45, 2.75) is 52.6 Å². The Labute approximate surface area is 149 Å². The second-order valence-electron chi connectivity index (χ2n) is 6.66. The molecular weight excluding hydrogens is 348 g/mol. The summed E-state index contributed by atoms with van der Waals surface area (Å²) in [5.41, 5.74) is 0.854. The Morgan fingerprint density at radius 3 is 2.33 bits per heavy atom. The minimum atomic E-state index is -3.37. The largest absolute Gasteiger partial charge is 0.334 e. The van der Waals surface area contributed by atoms with Gasteiger partial charge in [0.2, 0.25) is 10.0 Å². The van der Waals surface area contributed by atoms with Crippen molar-refractivity contribution in [3.8, 4) is 0 Å². The van der Waals surface area contributed by atoms with Crippen LogP contribution in [-0.4, -0.2) is 43.6 Å². The number of hydrogen-bond donors (Lipinski definition) is 0. The first-order chi connectivity index (χ1) is 11.1. The lowest BCUT2D eigenvalue weighted by Gasteiger charge is -2.32. The van der Waals surface area contributed by atoms with Gasteiger partial charge in [0.15, 0.2) is 0 Å². The van der Waals surface area contributed by atoms with Crippen molar-refractivity contribution in [2.75, 3.05) is 16.6 Å². The molecule has 0 saturated carbocycles. The van der Waals surface area contributed by atoms with Crippen LogP contribution in [0.4, 0.5) is 5.69 Å². The molecule has 5 nitrogen and oxygen atoms in total. The van der Waals surface area contributed by atoms with Gasteiger partial charge in [-0.15, -0.1) is 0 Å². The molecule has 1 heterocycles. The third-order valence-corrected chi connectivity index (χ3v) is 6.33. The summed E-state index contributed by atoms with van der Waals surface area (Å²) in [6.45, 7) is 8.25. The SMILES string of the molecule is CC(C)N(C(=O)c1ccc(Cl)c(N2CCCCS2(=O)=O)c1)C(C)C. The van der Waals surface area contributed by atoms with E-state index in [0.717, 1.165) is 6.42 Å². The standard InChI is InChI=1S/C17H25ClN2O3S/c1-12(2)20(13(3)4)17(21)14-7-8-15(18)16(11-14)19-9-5-6-10-24(19,22)23/h7-8,11-13H,5-6,9-10H2,1-4H3. The lowest BCUT2D eigenvalue weighted by molar-refractivity contribution is 0.0643. The highest BCUT2D eigenvalue weighted by Crippen LogP contribution is 2.32. The van der Waals surface area contributed by atoms with Gasteiger partial charge in [-0.2, -0.15) is 0 Å². The molecule has 1 fully saturated rings. The van der Waals surface area contributed by atoms with E-state index in [9.17, 15) is 13.2 Å². The third-order valence-electron chi connectivity index (χ3n) is 4.16. The van der Waals surface area contributed by atoms with Crippen molar-refractivity contribution in [3.63, 3.8) is 0 Å². The molecule has 7 heteroatoms. The first-order valence-corrected chi connectivity index (χ1v) is 10.3. The molecule has 2 rings (SSSR count). The van der Waals surface area contributed by atoms with E-state index in [1.54, 1.807) is 23.1 Å². The van der Waals surface area contributed by atoms with Crippen LogP contribution in [0.25, 0.3) is 0 Å². The van der Waals surface area contributed by atoms with Crippen molar-refractivity contribution >= 4 is 33.2 Å². The average molecular weight is 373 g/mol. The van der Waals surface area contributed by atoms with E-state index >= 15 is 0 Å². The maximum absolute atomic E-state index is 12.9. The van der Waals surface area contributed by atoms with Crippen LogP contribution in [0.2, 0.25) is 5.02 Å². The van der Waals surface area contributed by atoms with E-state index in [0.29, 0.717) is 29.2 Å². The van der Waals surface area contributed by atoms with E-state index in [1.165, 1.54) is 4.31 Å². The van der Waals surface area contributed by atoms with Gasteiger partial charge in [0.25, 0.3) is 5.91 Å². The molecule has 1 aliphatic rings. The summed E-state index contributed by atoms with van der Waals surface area (Å²) < 4.78 is 26.0. The summed E-state index contributed by atoms with van der Waals surface area (Å²) >= 11 is 6.24. The molecular formula is C17H25ClN2O3S. The minimum Gasteiger partial charge on any atom is -0.334 e. The molecule has 0 aliphatic carbocycles. The maximum atomic E-state index is 12.9. The number of benzene rings is 1. The van der Waals surface area contributed by atoms with E-state index in [4.69, 9.17) is 11.6 Å². The zero-order valence-electron chi connectivity index (χ0n) is 14.6. The van der Waals surface area contributed by atoms with Crippen LogP contribution in [0.3, 0.4) is 0 Å². The Bertz CT molecular complexity index is 709. The van der Waals surface area contributed by atoms with Gasteiger partial charge >= 0.3 is 0 Å². The highest BCUT2D eigenvalue weighted by Gasteiger charge is 2.29. The third kappa shape index (κ3) is 3.86. The molecule has 0 bridgehead atoms. The molecule has 1 amide bonds. The zero-order valence-corrected chi connectivity index (χ0v) is 16.2. The number of amides is 1. The van der Waals surface area contributed by atoms with Gasteiger partial charge in [0.05, 0.1) is 16.5 Å². The van der Waals surface area contributed by atoms with Crippen LogP contribution in [0, 0.1) is 0 Å². The summed E-state index contributed by atoms with van der Waals surface area (Å²) in [5, 5.41) is 0.345. The highest BCUT2D eigenvalue weighted by atomic mass is 35.5. The number of halogens is 1. The summed E-state index contributed by atoms with van der Waals surface area (Å²) in [6.07, 6.45) is 1.45. The van der Waals surface area contributed by atoms with Crippen molar-refractivity contribution in [2.24, 2.45) is 0 Å². The summed E-state index contributed by atoms with van der Waals surface area (Å²) in [7, 11) is -3.37. The number of nitrogens with zero attached hydrogens (tertiary/aromatic N) is 2. The van der Waals surface area contributed by atoms with Crippen molar-refractivity contribution in [3.05, 3.63) is 28.8 Å². The average Bonchev–Trinajstić information content (AvgIpc) is 2.47. The van der Waals surface area contributed by atoms with E-state index in [2.05, 4.69) is 0 Å². The molecule has 1 aliphatic heterocycles. The minimum absolute atomic E-state index is 0.0512. The van der Waals surface area contributed by atoms with Gasteiger partial charge in [-0.3, -0.25) is 9.10 Å². The zero-order chi connectivity index (χ0) is 18.1. The fourth-order valence-corrected chi connectivity index (χ4v) is 5.03. The lowest BCUT2D eigenvalue weighted by atomic mass is 10.1. The van der Waals surface area contributed by atoms with Crippen LogP contribution in [0.1, 0.15) is 50.9 Å². The topological polar surface area (TPSA) is 57.7 Å². The van der Waals surface area contributed by atoms with Crippen LogP contribution >= 0.6 is 11.6 Å². The first-order valence-electron chi connectivity index (χ1n) is 8.27. The fraction of sp³-hybridized carbons (Fsp3) is 0.588. The molecule has 0 spiro atoms. The number of anilines is 1. The van der Waals surface area contributed by atoms with Gasteiger partial charge in [-0.05, 0) is 58.7 Å². The number of hydrogen-bond acceptors (Lipinski definition) is 3. The van der Waals surface area contributed by atoms with E-state index in [1.807, 2.05) is 27.7 Å². The Balaban J connectivity index is 2.43. The Morgan fingerprint density at radius 1 is 1.17 bits per heavy atom. The smallest absolute Gasteiger partial charge is 0.254 e. The van der Waals surface area contributed by atoms with Crippen LogP contribution in [-0.2, 0) is 10.0 Å². The molecule has 134 valence electrons. The predicted octanol–water partition coefficient (Wildman–Crippen LogP) is 3.53. The van der Waals surface area contributed by atoms with Gasteiger partial charge < -0.3 is 4.90 Å². The molecule has 0 aromatic heterocycles. The Kier molecular flexibility index (Phi) is 5.81. The first kappa shape index (κ1) is 19.1. The second kappa shape index (κ2) is 7.31. The summed E-state index contributed by atoms with van der Waals surface area (Å²) in [6, 6.07) is 4.96. The van der Waals surface area contributed by atoms with E-state index in [-0.39, 0.29) is 23.7 Å². The summed E-state index contributed by atoms with van der Waals surface area (Å²) in [5.74, 6) is -0.00154. The van der Waals surface area contributed by atoms with Crippen molar-refractivity contribution < 1.29 is 13.2 Å². The van der Waals surface area contributed by atoms with Gasteiger partial charge in [-0.1, -0.05) is 11.6 Å². The number of carbonyl (C=O) groups excluding carboxylic acids is 1. The number of rotatable bonds is 4. The second-order valence-corrected chi connectivity index (χ2v) is 9.08. The summed E-state index contributed by atoms with van der Waals surface area (Å²) in [4.78, 5) is 14.6. The Morgan fingerprint density at radius 2 is 1.79 bits per heavy atom. The molecule has 24 heavy (non-hydrogen) atoms. The molecule has 1 aromatic carbocycles. The fourth-order valence-electron chi connectivity index (χ4n) is 3.11. The van der Waals surface area contributed by atoms with Crippen LogP contribution < -0.4 is 4.31 Å². The van der Waals surface area contributed by atoms with Gasteiger partial charge in [0.1, 0.15) is 0 Å². The van der Waals surface area contributed by atoms with Crippen LogP contribution in [0.5, 0.6) is 0 Å². The van der Waals surface area contributed by atoms with Crippen molar-refractivity contribution in [1.82, 2.24) is 4.90 Å². The molecule has 0 unspecified atom stereocenters. The maximum Gasteiger partial charge on any atom is 0.254 e. The molecule has 0 radical (unpaired) electrons. The van der Waals surface area contributed by atoms with Crippen LogP contribution in [0.15, 0.2) is 18.2 Å². The molecule has 0 N–H and O–H groups in total. The highest BCUT2D eigenvalue weighted by molar-refractivity contribution is 7.92. The number of carbonyl (C=O) groups is 1. The van der Waals surface area contributed by atoms with Crippen molar-refractivity contribution in [1.29, 1.82) is 0 Å². The monoisotopic (exact) mass is 372 g/mol. The molecule has 1 saturated heterocycles. The van der Waals surface area contributed by atoms with Gasteiger partial charge in [0, 0.05) is 24.2 Å². The van der Waals surface area contributed by atoms with Gasteiger partial charge in [-0.25, -0.2) is 8.42 Å². The Hall–Kier alpha value is -1.27. The lowest BCUT2D eigenvalue weighted by Crippen LogP contribution is -2.42. The molecule has 0 atom stereocenters. The van der Waals surface area contributed by atoms with E-state index < -0.39 is 10.0 Å². The molecule has 1 aromatic rings. The predicted molar refractivity (Wildman–Crippen MR) is 98.3 cm³/mol. The normalized spacial score (nSPS) is 17.4. The quantitative estimate of drug-likeness (QED) is 0.812. The number of sulfonamides is 1.